The van der Waals surface area contributed by atoms with Crippen molar-refractivity contribution in [2.24, 2.45) is 17.4 Å². The van der Waals surface area contributed by atoms with E-state index in [-0.39, 0.29) is 12.8 Å². The molecule has 1 aliphatic rings. The quantitative estimate of drug-likeness (QED) is 0.579. The normalized spacial score (nSPS) is 27.5. The van der Waals surface area contributed by atoms with Gasteiger partial charge in [0, 0.05) is 0 Å². The number of carbonyl (C=O) groups excluding carboxylic acids is 2. The van der Waals surface area contributed by atoms with Crippen LogP contribution in [0, 0.1) is 5.92 Å². The molecule has 1 aliphatic carbocycles. The van der Waals surface area contributed by atoms with Gasteiger partial charge in [-0.3, -0.25) is 9.59 Å². The predicted molar refractivity (Wildman–Crippen MR) is 80.5 cm³/mol. The molecule has 19 heavy (non-hydrogen) atoms. The Morgan fingerprint density at radius 1 is 1.32 bits per heavy atom. The highest BCUT2D eigenvalue weighted by atomic mass is 35.5. The molecule has 0 aromatic carbocycles. The van der Waals surface area contributed by atoms with E-state index in [9.17, 15) is 9.59 Å². The molecule has 0 aromatic rings. The first-order valence-corrected chi connectivity index (χ1v) is 7.68. The highest BCUT2D eigenvalue weighted by Crippen LogP contribution is 2.54. The minimum absolute atomic E-state index is 0.183. The fourth-order valence-corrected chi connectivity index (χ4v) is 4.19. The molecule has 2 unspecified atom stereocenters. The van der Waals surface area contributed by atoms with Gasteiger partial charge >= 0.3 is 0 Å². The number of thioether (sulfide) groups is 1. The second kappa shape index (κ2) is 6.31. The third-order valence-electron chi connectivity index (χ3n) is 2.86. The number of hydrogen-bond acceptors (Lipinski definition) is 3. The average molecular weight is 366 g/mol. The number of amides is 2. The summed E-state index contributed by atoms with van der Waals surface area (Å²) in [6.45, 7) is 0. The van der Waals surface area contributed by atoms with Gasteiger partial charge in [0.2, 0.25) is 11.8 Å². The molecule has 0 saturated carbocycles. The van der Waals surface area contributed by atoms with Crippen LogP contribution in [0.5, 0.6) is 0 Å². The van der Waals surface area contributed by atoms with E-state index in [0.29, 0.717) is 0 Å². The smallest absolute Gasteiger partial charge is 0.234 e. The lowest BCUT2D eigenvalue weighted by atomic mass is 9.81. The summed E-state index contributed by atoms with van der Waals surface area (Å²) in [5, 5.41) is 0. The average Bonchev–Trinajstić information content (AvgIpc) is 2.28. The number of rotatable bonds is 5. The molecular weight excluding hydrogens is 354 g/mol. The standard InChI is InChI=1S/C10H12Cl4N2O2S/c11-7(12)10(13,14)19-9(8(16)18)4-2-1-3-5(9)6(15)17/h1-2,5,7H,3-4H2,(H2,15,17)(H2,16,18). The molecule has 2 amide bonds. The molecule has 0 fully saturated rings. The molecule has 0 saturated heterocycles. The van der Waals surface area contributed by atoms with Crippen LogP contribution in [0.1, 0.15) is 12.8 Å². The molecule has 9 heteroatoms. The van der Waals surface area contributed by atoms with Gasteiger partial charge in [-0.25, -0.2) is 0 Å². The van der Waals surface area contributed by atoms with Crippen LogP contribution in [0.3, 0.4) is 0 Å². The first-order chi connectivity index (χ1) is 8.63. The molecule has 2 atom stereocenters. The molecule has 0 aromatic heterocycles. The Balaban J connectivity index is 3.19. The van der Waals surface area contributed by atoms with Crippen molar-refractivity contribution in [3.8, 4) is 0 Å². The van der Waals surface area contributed by atoms with Crippen LogP contribution in [-0.4, -0.2) is 25.1 Å². The highest BCUT2D eigenvalue weighted by Gasteiger charge is 2.53. The lowest BCUT2D eigenvalue weighted by Gasteiger charge is -2.40. The van der Waals surface area contributed by atoms with E-state index < -0.39 is 31.0 Å². The largest absolute Gasteiger partial charge is 0.369 e. The Kier molecular flexibility index (Phi) is 5.72. The molecule has 108 valence electrons. The van der Waals surface area contributed by atoms with E-state index in [0.717, 1.165) is 11.8 Å². The van der Waals surface area contributed by atoms with E-state index in [1.165, 1.54) is 0 Å². The van der Waals surface area contributed by atoms with Gasteiger partial charge in [-0.2, -0.15) is 0 Å². The second-order valence-corrected chi connectivity index (χ2v) is 8.59. The summed E-state index contributed by atoms with van der Waals surface area (Å²) in [5.41, 5.74) is 10.8. The van der Waals surface area contributed by atoms with Crippen LogP contribution < -0.4 is 11.5 Å². The van der Waals surface area contributed by atoms with E-state index in [1.807, 2.05) is 0 Å². The Labute approximate surface area is 135 Å². The van der Waals surface area contributed by atoms with Gasteiger partial charge in [0.15, 0.2) is 3.67 Å². The summed E-state index contributed by atoms with van der Waals surface area (Å²) < 4.78 is -3.04. The first-order valence-electron chi connectivity index (χ1n) is 5.24. The van der Waals surface area contributed by atoms with Crippen LogP contribution in [0.4, 0.5) is 0 Å². The van der Waals surface area contributed by atoms with E-state index in [4.69, 9.17) is 57.9 Å². The zero-order valence-electron chi connectivity index (χ0n) is 9.61. The maximum absolute atomic E-state index is 11.8. The SMILES string of the molecule is NC(=O)C1CC=CCC1(SC(Cl)(Cl)C(Cl)Cl)C(N)=O. The minimum atomic E-state index is -1.68. The van der Waals surface area contributed by atoms with Crippen LogP contribution in [0.15, 0.2) is 12.2 Å². The lowest BCUT2D eigenvalue weighted by molar-refractivity contribution is -0.129. The maximum atomic E-state index is 11.8. The molecule has 1 rings (SSSR count). The molecule has 4 nitrogen and oxygen atoms in total. The summed E-state index contributed by atoms with van der Waals surface area (Å²) in [6, 6.07) is 0. The Morgan fingerprint density at radius 2 is 1.89 bits per heavy atom. The summed E-state index contributed by atoms with van der Waals surface area (Å²) >= 11 is 24.1. The van der Waals surface area contributed by atoms with E-state index >= 15 is 0 Å². The Bertz CT molecular complexity index is 416. The highest BCUT2D eigenvalue weighted by molar-refractivity contribution is 8.05. The van der Waals surface area contributed by atoms with Crippen molar-refractivity contribution >= 4 is 70.0 Å². The number of carbonyl (C=O) groups is 2. The van der Waals surface area contributed by atoms with Crippen LogP contribution in [-0.2, 0) is 9.59 Å². The van der Waals surface area contributed by atoms with E-state index in [2.05, 4.69) is 0 Å². The molecular formula is C10H12Cl4N2O2S. The fraction of sp³-hybridized carbons (Fsp3) is 0.600. The number of primary amides is 2. The van der Waals surface area contributed by atoms with Gasteiger partial charge in [-0.1, -0.05) is 35.4 Å². The van der Waals surface area contributed by atoms with Crippen molar-refractivity contribution in [1.29, 1.82) is 0 Å². The Morgan fingerprint density at radius 3 is 2.32 bits per heavy atom. The molecule has 0 aliphatic heterocycles. The minimum Gasteiger partial charge on any atom is -0.369 e. The Hall–Kier alpha value is 0.190. The third kappa shape index (κ3) is 3.64. The van der Waals surface area contributed by atoms with E-state index in [1.54, 1.807) is 12.2 Å². The van der Waals surface area contributed by atoms with Gasteiger partial charge in [-0.15, -0.1) is 35.0 Å². The van der Waals surface area contributed by atoms with Crippen molar-refractivity contribution in [1.82, 2.24) is 0 Å². The van der Waals surface area contributed by atoms with Crippen LogP contribution in [0.25, 0.3) is 0 Å². The number of allylic oxidation sites excluding steroid dienone is 2. The zero-order chi connectivity index (χ0) is 14.8. The second-order valence-electron chi connectivity index (χ2n) is 4.08. The maximum Gasteiger partial charge on any atom is 0.234 e. The summed E-state index contributed by atoms with van der Waals surface area (Å²) in [5.74, 6) is -2.20. The van der Waals surface area contributed by atoms with Crippen LogP contribution in [0.2, 0.25) is 0 Å². The predicted octanol–water partition coefficient (Wildman–Crippen LogP) is 2.33. The van der Waals surface area contributed by atoms with Crippen LogP contribution >= 0.6 is 58.2 Å². The number of hydrogen-bond donors (Lipinski definition) is 2. The van der Waals surface area contributed by atoms with Crippen molar-refractivity contribution in [3.63, 3.8) is 0 Å². The van der Waals surface area contributed by atoms with Gasteiger partial charge in [0.1, 0.15) is 9.58 Å². The molecule has 0 bridgehead atoms. The summed E-state index contributed by atoms with van der Waals surface area (Å²) in [6.07, 6.45) is 3.94. The summed E-state index contributed by atoms with van der Waals surface area (Å²) in [4.78, 5) is 22.2. The van der Waals surface area contributed by atoms with Crippen molar-refractivity contribution < 1.29 is 9.59 Å². The fourth-order valence-electron chi connectivity index (χ4n) is 1.89. The number of nitrogens with two attached hydrogens (primary N) is 2. The van der Waals surface area contributed by atoms with Gasteiger partial charge in [0.05, 0.1) is 5.92 Å². The number of alkyl halides is 4. The van der Waals surface area contributed by atoms with Gasteiger partial charge < -0.3 is 11.5 Å². The molecule has 0 radical (unpaired) electrons. The molecule has 4 N–H and O–H groups in total. The van der Waals surface area contributed by atoms with Crippen molar-refractivity contribution in [2.75, 3.05) is 0 Å². The van der Waals surface area contributed by atoms with Gasteiger partial charge in [-0.05, 0) is 12.8 Å². The number of halogens is 4. The topological polar surface area (TPSA) is 86.2 Å². The van der Waals surface area contributed by atoms with Crippen molar-refractivity contribution in [2.45, 2.75) is 26.1 Å². The zero-order valence-corrected chi connectivity index (χ0v) is 13.5. The third-order valence-corrected chi connectivity index (χ3v) is 6.64. The molecule has 0 spiro atoms. The van der Waals surface area contributed by atoms with Gasteiger partial charge in [0.25, 0.3) is 0 Å². The lowest BCUT2D eigenvalue weighted by Crippen LogP contribution is -2.54. The molecule has 0 heterocycles. The monoisotopic (exact) mass is 364 g/mol. The van der Waals surface area contributed by atoms with Crippen molar-refractivity contribution in [3.05, 3.63) is 12.2 Å². The first kappa shape index (κ1) is 17.2. The summed E-state index contributed by atoms with van der Waals surface area (Å²) in [7, 11) is 0.